The number of nitrogens with zero attached hydrogens (tertiary/aromatic N) is 4. The van der Waals surface area contributed by atoms with E-state index in [4.69, 9.17) is 4.74 Å². The molecule has 1 aromatic carbocycles. The molecule has 0 saturated carbocycles. The maximum atomic E-state index is 12.7. The molecule has 4 rings (SSSR count). The number of rotatable bonds is 9. The molecule has 194 valence electrons. The number of carbonyl (C=O) groups is 2. The van der Waals surface area contributed by atoms with Gasteiger partial charge in [0.05, 0.1) is 48.1 Å². The maximum absolute atomic E-state index is 12.7. The van der Waals surface area contributed by atoms with Crippen LogP contribution >= 0.6 is 11.3 Å². The lowest BCUT2D eigenvalue weighted by Gasteiger charge is -2.32. The first-order valence-electron chi connectivity index (χ1n) is 11.8. The Balaban J connectivity index is 1.47. The number of fused-ring (bicyclic) bond motifs is 1. The van der Waals surface area contributed by atoms with E-state index in [-0.39, 0.29) is 36.9 Å². The number of imidazole rings is 1. The summed E-state index contributed by atoms with van der Waals surface area (Å²) < 4.78 is 5.10. The molecule has 0 radical (unpaired) electrons. The van der Waals surface area contributed by atoms with E-state index in [9.17, 15) is 14.7 Å². The average molecular weight is 523 g/mol. The Morgan fingerprint density at radius 3 is 2.62 bits per heavy atom. The minimum atomic E-state index is -1.05. The molecule has 1 unspecified atom stereocenters. The van der Waals surface area contributed by atoms with Crippen molar-refractivity contribution in [3.63, 3.8) is 0 Å². The monoisotopic (exact) mass is 522 g/mol. The van der Waals surface area contributed by atoms with Gasteiger partial charge in [-0.3, -0.25) is 9.78 Å². The summed E-state index contributed by atoms with van der Waals surface area (Å²) in [7, 11) is 1.57. The van der Waals surface area contributed by atoms with E-state index in [2.05, 4.69) is 25.3 Å². The Labute approximate surface area is 218 Å². The summed E-state index contributed by atoms with van der Waals surface area (Å²) in [5.74, 6) is 0.665. The Morgan fingerprint density at radius 2 is 1.97 bits per heavy atom. The standard InChI is InChI=1S/C26H30N6O4S/c1-26(2,3)18(13-32(25(34)35)14-22-29-19-7-5-6-8-20(19)30-22)24-31-21(15-37-24)23(33)28-11-16-9-10-17(36-4)12-27-16/h5-10,12,15,18H,11,13-14H2,1-4H3,(H,28,33)(H,29,30)(H,34,35). The van der Waals surface area contributed by atoms with Gasteiger partial charge in [0.15, 0.2) is 0 Å². The molecule has 3 N–H and O–H groups in total. The molecule has 1 atom stereocenters. The lowest BCUT2D eigenvalue weighted by atomic mass is 9.80. The van der Waals surface area contributed by atoms with Gasteiger partial charge in [0.1, 0.15) is 17.3 Å². The summed E-state index contributed by atoms with van der Waals surface area (Å²) in [4.78, 5) is 42.8. The number of thiazole rings is 1. The van der Waals surface area contributed by atoms with Gasteiger partial charge in [-0.05, 0) is 29.7 Å². The van der Waals surface area contributed by atoms with E-state index in [0.717, 1.165) is 11.0 Å². The Kier molecular flexibility index (Phi) is 7.72. The van der Waals surface area contributed by atoms with Gasteiger partial charge in [-0.25, -0.2) is 14.8 Å². The van der Waals surface area contributed by atoms with Gasteiger partial charge in [0.25, 0.3) is 5.91 Å². The van der Waals surface area contributed by atoms with Crippen LogP contribution in [0.15, 0.2) is 48.0 Å². The fourth-order valence-corrected chi connectivity index (χ4v) is 5.00. The Hall–Kier alpha value is -3.99. The molecule has 0 spiro atoms. The number of amides is 2. The first kappa shape index (κ1) is 26.1. The zero-order chi connectivity index (χ0) is 26.6. The normalized spacial score (nSPS) is 12.3. The molecule has 0 saturated heterocycles. The van der Waals surface area contributed by atoms with Gasteiger partial charge in [-0.15, -0.1) is 11.3 Å². The van der Waals surface area contributed by atoms with E-state index < -0.39 is 6.09 Å². The summed E-state index contributed by atoms with van der Waals surface area (Å²) in [6.45, 7) is 6.69. The van der Waals surface area contributed by atoms with Crippen LogP contribution < -0.4 is 10.1 Å². The molecule has 0 aliphatic rings. The lowest BCUT2D eigenvalue weighted by Crippen LogP contribution is -2.37. The van der Waals surface area contributed by atoms with Crippen LogP contribution in [0.25, 0.3) is 11.0 Å². The number of carboxylic acid groups (broad SMARTS) is 1. The zero-order valence-corrected chi connectivity index (χ0v) is 22.0. The second-order valence-corrected chi connectivity index (χ2v) is 10.6. The molecule has 0 aliphatic carbocycles. The second-order valence-electron chi connectivity index (χ2n) is 9.73. The minimum Gasteiger partial charge on any atom is -0.495 e. The molecule has 37 heavy (non-hydrogen) atoms. The van der Waals surface area contributed by atoms with Crippen molar-refractivity contribution in [2.24, 2.45) is 5.41 Å². The number of hydrogen-bond donors (Lipinski definition) is 3. The average Bonchev–Trinajstić information content (AvgIpc) is 3.51. The van der Waals surface area contributed by atoms with Crippen molar-refractivity contribution in [1.29, 1.82) is 0 Å². The number of aromatic nitrogens is 4. The Bertz CT molecular complexity index is 1340. The lowest BCUT2D eigenvalue weighted by molar-refractivity contribution is 0.0944. The molecule has 4 aromatic rings. The third-order valence-electron chi connectivity index (χ3n) is 6.01. The number of pyridine rings is 1. The van der Waals surface area contributed by atoms with Gasteiger partial charge in [-0.2, -0.15) is 0 Å². The molecule has 10 nitrogen and oxygen atoms in total. The van der Waals surface area contributed by atoms with Crippen molar-refractivity contribution in [3.05, 3.63) is 70.2 Å². The maximum Gasteiger partial charge on any atom is 0.407 e. The molecule has 0 aliphatic heterocycles. The van der Waals surface area contributed by atoms with Crippen LogP contribution in [0.5, 0.6) is 5.75 Å². The first-order chi connectivity index (χ1) is 17.6. The van der Waals surface area contributed by atoms with Gasteiger partial charge in [-0.1, -0.05) is 32.9 Å². The highest BCUT2D eigenvalue weighted by atomic mass is 32.1. The quantitative estimate of drug-likeness (QED) is 0.291. The number of para-hydroxylation sites is 2. The summed E-state index contributed by atoms with van der Waals surface area (Å²) in [6, 6.07) is 11.1. The number of methoxy groups -OCH3 is 1. The van der Waals surface area contributed by atoms with Crippen molar-refractivity contribution in [2.45, 2.75) is 39.8 Å². The second kappa shape index (κ2) is 11.0. The van der Waals surface area contributed by atoms with E-state index in [1.807, 2.05) is 45.0 Å². The van der Waals surface area contributed by atoms with Crippen molar-refractivity contribution < 1.29 is 19.4 Å². The van der Waals surface area contributed by atoms with Gasteiger partial charge < -0.3 is 25.0 Å². The van der Waals surface area contributed by atoms with Crippen molar-refractivity contribution in [3.8, 4) is 5.75 Å². The highest BCUT2D eigenvalue weighted by Crippen LogP contribution is 2.37. The topological polar surface area (TPSA) is 133 Å². The largest absolute Gasteiger partial charge is 0.495 e. The van der Waals surface area contributed by atoms with Crippen LogP contribution in [0.2, 0.25) is 0 Å². The van der Waals surface area contributed by atoms with E-state index >= 15 is 0 Å². The number of benzene rings is 1. The molecule has 2 amide bonds. The third kappa shape index (κ3) is 6.42. The van der Waals surface area contributed by atoms with Crippen molar-refractivity contribution in [1.82, 2.24) is 30.2 Å². The molecule has 0 fully saturated rings. The fraction of sp³-hybridized carbons (Fsp3) is 0.346. The van der Waals surface area contributed by atoms with Crippen LogP contribution in [0, 0.1) is 5.41 Å². The summed E-state index contributed by atoms with van der Waals surface area (Å²) in [5.41, 5.74) is 2.33. The van der Waals surface area contributed by atoms with Crippen molar-refractivity contribution >= 4 is 34.4 Å². The summed E-state index contributed by atoms with van der Waals surface area (Å²) in [6.07, 6.45) is 0.548. The molecule has 11 heteroatoms. The van der Waals surface area contributed by atoms with Crippen molar-refractivity contribution in [2.75, 3.05) is 13.7 Å². The van der Waals surface area contributed by atoms with E-state index in [1.165, 1.54) is 16.2 Å². The van der Waals surface area contributed by atoms with Crippen LogP contribution in [0.3, 0.4) is 0 Å². The van der Waals surface area contributed by atoms with Crippen LogP contribution in [-0.4, -0.2) is 55.6 Å². The van der Waals surface area contributed by atoms with E-state index in [1.54, 1.807) is 30.8 Å². The number of H-pyrrole nitrogens is 1. The van der Waals surface area contributed by atoms with Crippen LogP contribution in [-0.2, 0) is 13.1 Å². The van der Waals surface area contributed by atoms with Crippen LogP contribution in [0.4, 0.5) is 4.79 Å². The smallest absolute Gasteiger partial charge is 0.407 e. The van der Waals surface area contributed by atoms with E-state index in [0.29, 0.717) is 28.0 Å². The molecule has 3 aromatic heterocycles. The van der Waals surface area contributed by atoms with Gasteiger partial charge in [0.2, 0.25) is 0 Å². The Morgan fingerprint density at radius 1 is 1.19 bits per heavy atom. The summed E-state index contributed by atoms with van der Waals surface area (Å²) in [5, 5.41) is 15.2. The van der Waals surface area contributed by atoms with Gasteiger partial charge >= 0.3 is 6.09 Å². The molecule has 3 heterocycles. The SMILES string of the molecule is COc1ccc(CNC(=O)c2csc(C(CN(Cc3nc4ccccc4[nH]3)C(=O)O)C(C)(C)C)n2)nc1. The molecular weight excluding hydrogens is 492 g/mol. The number of ether oxygens (including phenoxy) is 1. The molecular formula is C26H30N6O4S. The zero-order valence-electron chi connectivity index (χ0n) is 21.2. The fourth-order valence-electron chi connectivity index (χ4n) is 3.86. The first-order valence-corrected chi connectivity index (χ1v) is 12.7. The number of aromatic amines is 1. The third-order valence-corrected chi connectivity index (χ3v) is 6.97. The minimum absolute atomic E-state index is 0.115. The number of nitrogens with one attached hydrogen (secondary N) is 2. The highest BCUT2D eigenvalue weighted by molar-refractivity contribution is 7.10. The van der Waals surface area contributed by atoms with Crippen LogP contribution in [0.1, 0.15) is 53.7 Å². The number of hydrogen-bond acceptors (Lipinski definition) is 7. The highest BCUT2D eigenvalue weighted by Gasteiger charge is 2.33. The predicted octanol–water partition coefficient (Wildman–Crippen LogP) is 4.66. The number of carbonyl (C=O) groups excluding carboxylic acids is 1. The molecule has 0 bridgehead atoms. The summed E-state index contributed by atoms with van der Waals surface area (Å²) >= 11 is 1.36. The predicted molar refractivity (Wildman–Crippen MR) is 141 cm³/mol. The van der Waals surface area contributed by atoms with Gasteiger partial charge in [0, 0.05) is 17.8 Å².